The predicted octanol–water partition coefficient (Wildman–Crippen LogP) is 15.8. The Morgan fingerprint density at radius 2 is 0.757 bits per heavy atom. The van der Waals surface area contributed by atoms with Gasteiger partial charge in [0, 0.05) is 10.8 Å². The number of fused-ring (bicyclic) bond motifs is 2. The number of hydrogen-bond acceptors (Lipinski definition) is 16. The zero-order valence-electron chi connectivity index (χ0n) is 38.3. The van der Waals surface area contributed by atoms with E-state index in [0.29, 0.717) is 73.3 Å². The molecule has 0 radical (unpaired) electrons. The summed E-state index contributed by atoms with van der Waals surface area (Å²) >= 11 is 0. The van der Waals surface area contributed by atoms with E-state index in [9.17, 15) is 36.2 Å². The molecule has 0 amide bonds. The largest absolute Gasteiger partial charge is 0.507 e. The standard InChI is InChI=1S/C50H42N10O8S2/c1-27-18-36(12-16-41(27)55-52-35-13-17-42(28(2)19-35)56-60-46-26-40-33(25-48(46)70(66,67)68)8-7-9-47(40)69(63,64)65)53-58-44-22-30(4)45(23-29(44)3)59-57-43-15-10-34-24-37(11-14-39(34)50(43)62)51-54-38-20-31(5)49(61)32(6)21-38/h7-26,61-62H,1-6H3,(H,63,64,65)(H,66,67,68). The molecule has 70 heavy (non-hydrogen) atoms. The van der Waals surface area contributed by atoms with Crippen LogP contribution in [-0.4, -0.2) is 36.2 Å². The molecule has 0 bridgehead atoms. The van der Waals surface area contributed by atoms with Crippen molar-refractivity contribution in [2.24, 2.45) is 51.1 Å². The molecule has 0 saturated carbocycles. The molecule has 0 aromatic heterocycles. The lowest BCUT2D eigenvalue weighted by Gasteiger charge is -2.08. The van der Waals surface area contributed by atoms with E-state index >= 15 is 0 Å². The highest BCUT2D eigenvalue weighted by Crippen LogP contribution is 2.40. The third kappa shape index (κ3) is 10.7. The van der Waals surface area contributed by atoms with Gasteiger partial charge < -0.3 is 10.2 Å². The van der Waals surface area contributed by atoms with Gasteiger partial charge in [-0.2, -0.15) is 57.7 Å². The Morgan fingerprint density at radius 3 is 1.34 bits per heavy atom. The smallest absolute Gasteiger partial charge is 0.296 e. The second-order valence-electron chi connectivity index (χ2n) is 16.4. The second kappa shape index (κ2) is 19.4. The number of phenols is 2. The predicted molar refractivity (Wildman–Crippen MR) is 266 cm³/mol. The number of benzene rings is 8. The molecule has 0 spiro atoms. The Bertz CT molecular complexity index is 3810. The van der Waals surface area contributed by atoms with E-state index in [0.717, 1.165) is 40.3 Å². The Balaban J connectivity index is 0.926. The zero-order chi connectivity index (χ0) is 50.1. The van der Waals surface area contributed by atoms with Gasteiger partial charge in [0.25, 0.3) is 20.2 Å². The van der Waals surface area contributed by atoms with Crippen LogP contribution in [0.4, 0.5) is 56.9 Å². The summed E-state index contributed by atoms with van der Waals surface area (Å²) in [6.07, 6.45) is 0. The molecule has 0 atom stereocenters. The van der Waals surface area contributed by atoms with Crippen LogP contribution in [0.1, 0.15) is 33.4 Å². The number of aryl methyl sites for hydroxylation is 6. The highest BCUT2D eigenvalue weighted by molar-refractivity contribution is 7.86. The van der Waals surface area contributed by atoms with Gasteiger partial charge in [0.15, 0.2) is 5.75 Å². The highest BCUT2D eigenvalue weighted by Gasteiger charge is 2.21. The summed E-state index contributed by atoms with van der Waals surface area (Å²) in [5.41, 5.74) is 8.80. The van der Waals surface area contributed by atoms with Crippen molar-refractivity contribution in [3.8, 4) is 11.5 Å². The van der Waals surface area contributed by atoms with Gasteiger partial charge in [-0.3, -0.25) is 9.11 Å². The van der Waals surface area contributed by atoms with Crippen molar-refractivity contribution >= 4 is 98.7 Å². The molecule has 8 aromatic carbocycles. The number of hydrogen-bond donors (Lipinski definition) is 4. The molecule has 4 N–H and O–H groups in total. The van der Waals surface area contributed by atoms with Crippen LogP contribution in [0, 0.1) is 41.5 Å². The molecule has 8 aromatic rings. The molecule has 352 valence electrons. The molecular weight excluding hydrogens is 933 g/mol. The van der Waals surface area contributed by atoms with Gasteiger partial charge >= 0.3 is 0 Å². The first kappa shape index (κ1) is 48.2. The first-order valence-corrected chi connectivity index (χ1v) is 24.1. The third-order valence-corrected chi connectivity index (χ3v) is 12.9. The lowest BCUT2D eigenvalue weighted by molar-refractivity contribution is 0.467. The highest BCUT2D eigenvalue weighted by atomic mass is 32.2. The van der Waals surface area contributed by atoms with Gasteiger partial charge in [-0.15, -0.1) is 10.2 Å². The van der Waals surface area contributed by atoms with Crippen LogP contribution < -0.4 is 0 Å². The maximum absolute atomic E-state index is 12.2. The molecule has 18 nitrogen and oxygen atoms in total. The summed E-state index contributed by atoms with van der Waals surface area (Å²) in [6.45, 7) is 11.0. The lowest BCUT2D eigenvalue weighted by atomic mass is 10.1. The summed E-state index contributed by atoms with van der Waals surface area (Å²) in [6, 6.07) is 32.4. The molecule has 0 aliphatic rings. The minimum absolute atomic E-state index is 0.0145. The fourth-order valence-electron chi connectivity index (χ4n) is 7.38. The fraction of sp³-hybridized carbons (Fsp3) is 0.120. The molecule has 0 aliphatic carbocycles. The molecule has 0 saturated heterocycles. The van der Waals surface area contributed by atoms with Gasteiger partial charge in [-0.05, 0) is 189 Å². The Labute approximate surface area is 401 Å². The average Bonchev–Trinajstić information content (AvgIpc) is 3.31. The average molecular weight is 975 g/mol. The number of azo groups is 5. The molecule has 20 heteroatoms. The molecule has 0 aliphatic heterocycles. The SMILES string of the molecule is Cc1cc(N=Nc2cc(C)c(N=Nc3ccc4cc(N=Nc5cc(C)c(O)c(C)c5)ccc4c3O)cc2C)ccc1N=Nc1ccc(N=Nc2cc3c(S(=O)(=O)O)cccc3cc2S(=O)(=O)O)c(C)c1. The van der Waals surface area contributed by atoms with Crippen LogP contribution in [0.25, 0.3) is 21.5 Å². The van der Waals surface area contributed by atoms with Gasteiger partial charge in [0.05, 0.1) is 45.5 Å². The van der Waals surface area contributed by atoms with Crippen LogP contribution in [0.2, 0.25) is 0 Å². The van der Waals surface area contributed by atoms with Gasteiger partial charge in [0.1, 0.15) is 26.9 Å². The van der Waals surface area contributed by atoms with E-state index in [-0.39, 0.29) is 28.0 Å². The summed E-state index contributed by atoms with van der Waals surface area (Å²) < 4.78 is 68.1. The van der Waals surface area contributed by atoms with Crippen molar-refractivity contribution in [2.45, 2.75) is 51.3 Å². The fourth-order valence-corrected chi connectivity index (χ4v) is 8.73. The summed E-state index contributed by atoms with van der Waals surface area (Å²) in [5, 5.41) is 66.0. The van der Waals surface area contributed by atoms with Crippen LogP contribution in [0.3, 0.4) is 0 Å². The minimum atomic E-state index is -4.80. The quantitative estimate of drug-likeness (QED) is 0.0673. The Hall–Kier alpha value is -8.30. The van der Waals surface area contributed by atoms with Crippen LogP contribution in [0.5, 0.6) is 11.5 Å². The second-order valence-corrected chi connectivity index (χ2v) is 19.2. The van der Waals surface area contributed by atoms with Crippen molar-refractivity contribution in [2.75, 3.05) is 0 Å². The topological polar surface area (TPSA) is 273 Å². The van der Waals surface area contributed by atoms with E-state index in [1.165, 1.54) is 12.1 Å². The first-order chi connectivity index (χ1) is 33.2. The monoisotopic (exact) mass is 974 g/mol. The van der Waals surface area contributed by atoms with E-state index in [2.05, 4.69) is 51.1 Å². The van der Waals surface area contributed by atoms with E-state index in [4.69, 9.17) is 0 Å². The molecule has 0 fully saturated rings. The van der Waals surface area contributed by atoms with E-state index < -0.39 is 30.0 Å². The normalized spacial score (nSPS) is 12.6. The van der Waals surface area contributed by atoms with Gasteiger partial charge in [0.2, 0.25) is 0 Å². The van der Waals surface area contributed by atoms with Crippen molar-refractivity contribution in [3.05, 3.63) is 155 Å². The maximum Gasteiger partial charge on any atom is 0.296 e. The molecule has 8 rings (SSSR count). The van der Waals surface area contributed by atoms with Crippen molar-refractivity contribution < 1.29 is 36.2 Å². The van der Waals surface area contributed by atoms with Crippen molar-refractivity contribution in [1.29, 1.82) is 0 Å². The molecular formula is C50H42N10O8S2. The minimum Gasteiger partial charge on any atom is -0.507 e. The van der Waals surface area contributed by atoms with Gasteiger partial charge in [-0.25, -0.2) is 0 Å². The first-order valence-electron chi connectivity index (χ1n) is 21.2. The van der Waals surface area contributed by atoms with Crippen LogP contribution >= 0.6 is 0 Å². The Morgan fingerprint density at radius 1 is 0.329 bits per heavy atom. The number of phenolic OH excluding ortho intramolecular Hbond substituents is 2. The maximum atomic E-state index is 12.2. The van der Waals surface area contributed by atoms with Crippen LogP contribution in [-0.2, 0) is 20.2 Å². The molecule has 0 heterocycles. The number of aromatic hydroxyl groups is 2. The third-order valence-electron chi connectivity index (χ3n) is 11.1. The molecule has 0 unspecified atom stereocenters. The van der Waals surface area contributed by atoms with Gasteiger partial charge in [-0.1, -0.05) is 18.2 Å². The summed E-state index contributed by atoms with van der Waals surface area (Å²) in [4.78, 5) is -1.06. The van der Waals surface area contributed by atoms with E-state index in [1.54, 1.807) is 81.4 Å². The summed E-state index contributed by atoms with van der Waals surface area (Å²) in [7, 11) is -9.47. The van der Waals surface area contributed by atoms with Crippen molar-refractivity contribution in [3.63, 3.8) is 0 Å². The zero-order valence-corrected chi connectivity index (χ0v) is 39.9. The number of nitrogens with zero attached hydrogens (tertiary/aromatic N) is 10. The lowest BCUT2D eigenvalue weighted by Crippen LogP contribution is -2.01. The number of rotatable bonds is 12. The van der Waals surface area contributed by atoms with E-state index in [1.807, 2.05) is 51.1 Å². The Kier molecular flexibility index (Phi) is 13.3. The summed E-state index contributed by atoms with van der Waals surface area (Å²) in [5.74, 6) is 0.213. The van der Waals surface area contributed by atoms with Crippen molar-refractivity contribution in [1.82, 2.24) is 0 Å². The van der Waals surface area contributed by atoms with Crippen LogP contribution in [0.15, 0.2) is 182 Å².